The van der Waals surface area contributed by atoms with Crippen molar-refractivity contribution in [2.24, 2.45) is 5.41 Å². The molecule has 0 aromatic heterocycles. The molecule has 0 aliphatic heterocycles. The van der Waals surface area contributed by atoms with E-state index in [4.69, 9.17) is 0 Å². The van der Waals surface area contributed by atoms with Crippen LogP contribution in [0.25, 0.3) is 0 Å². The molecule has 1 rings (SSSR count). The fourth-order valence-corrected chi connectivity index (χ4v) is 3.62. The van der Waals surface area contributed by atoms with Crippen LogP contribution in [0.4, 0.5) is 0 Å². The van der Waals surface area contributed by atoms with Crippen LogP contribution in [-0.4, -0.2) is 14.0 Å². The second-order valence-corrected chi connectivity index (χ2v) is 8.03. The first-order chi connectivity index (χ1) is 8.02. The zero-order valence-corrected chi connectivity index (χ0v) is 12.6. The fraction of sp³-hybridized carbons (Fsp3) is 0.571. The highest BCUT2D eigenvalue weighted by atomic mass is 32.2. The fourth-order valence-electron chi connectivity index (χ4n) is 2.30. The summed E-state index contributed by atoms with van der Waals surface area (Å²) in [5.41, 5.74) is -0.549. The average molecular weight is 268 g/mol. The normalized spacial score (nSPS) is 13.6. The van der Waals surface area contributed by atoms with Crippen molar-refractivity contribution in [2.75, 3.05) is 0 Å². The molecule has 1 radical (unpaired) electrons. The number of hydrogen-bond donors (Lipinski definition) is 0. The van der Waals surface area contributed by atoms with E-state index in [1.54, 1.807) is 30.3 Å². The minimum Gasteiger partial charge on any atom is -0.206 e. The van der Waals surface area contributed by atoms with Gasteiger partial charge in [0.05, 0.1) is 4.90 Å². The molecule has 0 aliphatic carbocycles. The molecule has 0 heterocycles. The highest BCUT2D eigenvalue weighted by Crippen LogP contribution is 2.29. The summed E-state index contributed by atoms with van der Waals surface area (Å²) >= 11 is 0. The molecule has 0 saturated carbocycles. The summed E-state index contributed by atoms with van der Waals surface area (Å²) in [4.78, 5) is 0.256. The van der Waals surface area contributed by atoms with Gasteiger partial charge in [0.15, 0.2) is 0 Å². The van der Waals surface area contributed by atoms with Gasteiger partial charge >= 0.3 is 0 Å². The molecule has 0 spiro atoms. The Morgan fingerprint density at radius 1 is 1.00 bits per heavy atom. The van der Waals surface area contributed by atoms with E-state index in [2.05, 4.69) is 25.5 Å². The molecule has 0 fully saturated rings. The van der Waals surface area contributed by atoms with Crippen molar-refractivity contribution in [3.63, 3.8) is 0 Å². The van der Waals surface area contributed by atoms with Crippen molar-refractivity contribution in [1.82, 2.24) is 4.72 Å². The summed E-state index contributed by atoms with van der Waals surface area (Å²) in [5, 5.41) is 0. The number of benzene rings is 1. The predicted molar refractivity (Wildman–Crippen MR) is 73.9 cm³/mol. The molecule has 3 nitrogen and oxygen atoms in total. The highest BCUT2D eigenvalue weighted by molar-refractivity contribution is 7.89. The zero-order chi connectivity index (χ0) is 14.0. The lowest BCUT2D eigenvalue weighted by Gasteiger charge is -2.31. The quantitative estimate of drug-likeness (QED) is 0.842. The minimum atomic E-state index is -3.57. The summed E-state index contributed by atoms with van der Waals surface area (Å²) in [6, 6.07) is 8.36. The summed E-state index contributed by atoms with van der Waals surface area (Å²) in [6.45, 7) is 9.97. The maximum absolute atomic E-state index is 12.2. The first-order valence-electron chi connectivity index (χ1n) is 6.06. The molecular weight excluding hydrogens is 246 g/mol. The Kier molecular flexibility index (Phi) is 4.23. The number of nitrogens with zero attached hydrogens (tertiary/aromatic N) is 1. The number of hydrogen-bond acceptors (Lipinski definition) is 2. The van der Waals surface area contributed by atoms with Gasteiger partial charge in [-0.2, -0.15) is 0 Å². The molecule has 0 aliphatic rings. The summed E-state index contributed by atoms with van der Waals surface area (Å²) in [6.07, 6.45) is 0.714. The third-order valence-corrected chi connectivity index (χ3v) is 3.97. The Hall–Kier alpha value is -0.870. The van der Waals surface area contributed by atoms with E-state index in [0.29, 0.717) is 6.42 Å². The third kappa shape index (κ3) is 4.78. The van der Waals surface area contributed by atoms with Gasteiger partial charge in [0.2, 0.25) is 0 Å². The van der Waals surface area contributed by atoms with Gasteiger partial charge < -0.3 is 0 Å². The van der Waals surface area contributed by atoms with E-state index in [1.165, 1.54) is 0 Å². The van der Waals surface area contributed by atoms with Gasteiger partial charge in [0.1, 0.15) is 0 Å². The van der Waals surface area contributed by atoms with Crippen molar-refractivity contribution < 1.29 is 8.42 Å². The van der Waals surface area contributed by atoms with E-state index >= 15 is 0 Å². The van der Waals surface area contributed by atoms with Gasteiger partial charge in [-0.05, 0) is 37.8 Å². The molecule has 0 atom stereocenters. The first kappa shape index (κ1) is 15.2. The summed E-state index contributed by atoms with van der Waals surface area (Å²) in [7, 11) is -3.57. The number of sulfonamides is 1. The number of rotatable bonds is 4. The topological polar surface area (TPSA) is 48.2 Å². The Bertz CT molecular complexity index is 484. The Morgan fingerprint density at radius 3 is 1.94 bits per heavy atom. The summed E-state index contributed by atoms with van der Waals surface area (Å²) in [5.74, 6) is 0. The third-order valence-electron chi connectivity index (χ3n) is 2.37. The second kappa shape index (κ2) is 5.02. The van der Waals surface area contributed by atoms with Gasteiger partial charge in [-0.1, -0.05) is 39.0 Å². The smallest absolute Gasteiger partial charge is 0.206 e. The van der Waals surface area contributed by atoms with Crippen LogP contribution in [0, 0.1) is 5.41 Å². The molecule has 0 saturated heterocycles. The first-order valence-corrected chi connectivity index (χ1v) is 7.50. The lowest BCUT2D eigenvalue weighted by atomic mass is 9.82. The van der Waals surface area contributed by atoms with E-state index < -0.39 is 15.6 Å². The highest BCUT2D eigenvalue weighted by Gasteiger charge is 2.32. The molecule has 1 aromatic rings. The van der Waals surface area contributed by atoms with Crippen LogP contribution in [0.3, 0.4) is 0 Å². The predicted octanol–water partition coefficient (Wildman–Crippen LogP) is 3.19. The molecule has 0 amide bonds. The van der Waals surface area contributed by atoms with E-state index in [9.17, 15) is 8.42 Å². The second-order valence-electron chi connectivity index (χ2n) is 6.43. The lowest BCUT2D eigenvalue weighted by molar-refractivity contribution is 0.266. The largest absolute Gasteiger partial charge is 0.257 e. The molecule has 0 bridgehead atoms. The SMILES string of the molecule is CC(C)(C)CC(C)(C)[N]S(=O)(=O)c1ccccc1. The maximum atomic E-state index is 12.2. The molecular formula is C14H22NO2S. The van der Waals surface area contributed by atoms with Crippen LogP contribution in [0.1, 0.15) is 41.0 Å². The van der Waals surface area contributed by atoms with Crippen LogP contribution < -0.4 is 4.72 Å². The van der Waals surface area contributed by atoms with Gasteiger partial charge in [0.25, 0.3) is 10.0 Å². The molecule has 18 heavy (non-hydrogen) atoms. The van der Waals surface area contributed by atoms with Gasteiger partial charge in [-0.25, -0.2) is 8.42 Å². The summed E-state index contributed by atoms with van der Waals surface area (Å²) < 4.78 is 28.4. The van der Waals surface area contributed by atoms with Crippen LogP contribution >= 0.6 is 0 Å². The molecule has 101 valence electrons. The van der Waals surface area contributed by atoms with Crippen molar-refractivity contribution in [1.29, 1.82) is 0 Å². The Labute approximate surface area is 111 Å². The molecule has 1 aromatic carbocycles. The van der Waals surface area contributed by atoms with Crippen molar-refractivity contribution >= 4 is 10.0 Å². The Morgan fingerprint density at radius 2 is 1.50 bits per heavy atom. The molecule has 4 heteroatoms. The Balaban J connectivity index is 2.90. The lowest BCUT2D eigenvalue weighted by Crippen LogP contribution is -2.40. The van der Waals surface area contributed by atoms with Gasteiger partial charge in [0, 0.05) is 5.54 Å². The average Bonchev–Trinajstić information content (AvgIpc) is 2.13. The van der Waals surface area contributed by atoms with Crippen LogP contribution in [-0.2, 0) is 10.0 Å². The minimum absolute atomic E-state index is 0.0409. The van der Waals surface area contributed by atoms with E-state index in [-0.39, 0.29) is 10.3 Å². The van der Waals surface area contributed by atoms with Crippen LogP contribution in [0.5, 0.6) is 0 Å². The van der Waals surface area contributed by atoms with Crippen molar-refractivity contribution in [3.05, 3.63) is 30.3 Å². The van der Waals surface area contributed by atoms with Crippen LogP contribution in [0.15, 0.2) is 35.2 Å². The molecule has 0 unspecified atom stereocenters. The molecule has 0 N–H and O–H groups in total. The van der Waals surface area contributed by atoms with Gasteiger partial charge in [-0.15, -0.1) is 4.72 Å². The van der Waals surface area contributed by atoms with E-state index in [0.717, 1.165) is 0 Å². The standard InChI is InChI=1S/C14H22NO2S/c1-13(2,3)11-14(4,5)15-18(16,17)12-9-7-6-8-10-12/h6-10H,11H2,1-5H3. The van der Waals surface area contributed by atoms with E-state index in [1.807, 2.05) is 13.8 Å². The zero-order valence-electron chi connectivity index (χ0n) is 11.8. The monoisotopic (exact) mass is 268 g/mol. The van der Waals surface area contributed by atoms with Crippen LogP contribution in [0.2, 0.25) is 0 Å². The van der Waals surface area contributed by atoms with Crippen molar-refractivity contribution in [2.45, 2.75) is 51.5 Å². The maximum Gasteiger partial charge on any atom is 0.257 e. The van der Waals surface area contributed by atoms with Crippen molar-refractivity contribution in [3.8, 4) is 0 Å². The van der Waals surface area contributed by atoms with Gasteiger partial charge in [-0.3, -0.25) is 0 Å².